The highest BCUT2D eigenvalue weighted by atomic mass is 16.7. The summed E-state index contributed by atoms with van der Waals surface area (Å²) in [5.74, 6) is -0.0355. The van der Waals surface area contributed by atoms with E-state index in [2.05, 4.69) is 10.6 Å². The zero-order chi connectivity index (χ0) is 30.5. The summed E-state index contributed by atoms with van der Waals surface area (Å²) in [4.78, 5) is 66.5. The molecule has 13 nitrogen and oxygen atoms in total. The summed E-state index contributed by atoms with van der Waals surface area (Å²) in [6.45, 7) is 7.28. The van der Waals surface area contributed by atoms with Gasteiger partial charge < -0.3 is 25.2 Å². The van der Waals surface area contributed by atoms with Gasteiger partial charge in [0.2, 0.25) is 11.8 Å². The molecule has 3 N–H and O–H groups in total. The Kier molecular flexibility index (Phi) is 19.0. The molecule has 1 aromatic rings. The number of Topliss-reactive ketones (excluding diaryl/α,β-unsaturated/α-hetero) is 2. The number of nitro benzene ring substituents is 1. The van der Waals surface area contributed by atoms with Gasteiger partial charge >= 0.3 is 6.16 Å². The number of carbonyl (C=O) groups is 5. The summed E-state index contributed by atoms with van der Waals surface area (Å²) in [7, 11) is 0. The number of non-ortho nitro benzene ring substituents is 1. The van der Waals surface area contributed by atoms with Gasteiger partial charge in [0.1, 0.15) is 23.4 Å². The van der Waals surface area contributed by atoms with Crippen LogP contribution in [0.15, 0.2) is 24.3 Å². The predicted octanol–water partition coefficient (Wildman–Crippen LogP) is 3.40. The summed E-state index contributed by atoms with van der Waals surface area (Å²) < 4.78 is 10.1. The molecule has 0 bridgehead atoms. The van der Waals surface area contributed by atoms with Crippen LogP contribution < -0.4 is 15.4 Å². The molecule has 0 saturated carbocycles. The van der Waals surface area contributed by atoms with Crippen molar-refractivity contribution in [1.29, 1.82) is 0 Å². The van der Waals surface area contributed by atoms with Crippen LogP contribution in [0.3, 0.4) is 0 Å². The van der Waals surface area contributed by atoms with E-state index in [-0.39, 0.29) is 67.2 Å². The second kappa shape index (κ2) is 21.0. The van der Waals surface area contributed by atoms with Gasteiger partial charge in [-0.2, -0.15) is 0 Å². The fraction of sp³-hybridized carbons (Fsp3) is 0.593. The SMILES string of the molecule is CCC(=O)CCC(CNC(=O)CC)OC(=O)Oc1ccc([N+](=O)[O-])cc1.CCC(=O)CCC(O)CNC(=O)CC. The average molecular weight is 568 g/mol. The summed E-state index contributed by atoms with van der Waals surface area (Å²) >= 11 is 0. The molecule has 0 aliphatic rings. The van der Waals surface area contributed by atoms with E-state index in [0.717, 1.165) is 0 Å². The number of nitrogens with zero attached hydrogens (tertiary/aromatic N) is 1. The van der Waals surface area contributed by atoms with E-state index in [4.69, 9.17) is 9.47 Å². The fourth-order valence-corrected chi connectivity index (χ4v) is 2.91. The van der Waals surface area contributed by atoms with Crippen molar-refractivity contribution < 1.29 is 43.5 Å². The zero-order valence-electron chi connectivity index (χ0n) is 23.6. The van der Waals surface area contributed by atoms with Crippen LogP contribution in [0.2, 0.25) is 0 Å². The van der Waals surface area contributed by atoms with Crippen LogP contribution >= 0.6 is 0 Å². The van der Waals surface area contributed by atoms with E-state index in [9.17, 15) is 39.2 Å². The number of aliphatic hydroxyl groups excluding tert-OH is 1. The molecule has 2 unspecified atom stereocenters. The summed E-state index contributed by atoms with van der Waals surface area (Å²) in [6.07, 6.45) is 0.534. The minimum absolute atomic E-state index is 0.0177. The quantitative estimate of drug-likeness (QED) is 0.109. The maximum atomic E-state index is 11.9. The van der Waals surface area contributed by atoms with Gasteiger partial charge in [-0.25, -0.2) is 4.79 Å². The van der Waals surface area contributed by atoms with E-state index in [1.165, 1.54) is 24.3 Å². The molecule has 0 saturated heterocycles. The van der Waals surface area contributed by atoms with Gasteiger partial charge in [-0.1, -0.05) is 27.7 Å². The standard InChI is InChI=1S/C17H22N2O7.C10H19NO3/c1-3-13(20)7-10-15(11-18-16(21)4-2)26-17(22)25-14-8-5-12(6-9-14)19(23)24;1-3-8(12)5-6-9(13)7-11-10(14)4-2/h5-6,8-9,15H,3-4,7,10-11H2,1-2H3,(H,18,21);9,13H,3-7H2,1-2H3,(H,11,14). The third kappa shape index (κ3) is 17.6. The average Bonchev–Trinajstić information content (AvgIpc) is 2.95. The van der Waals surface area contributed by atoms with Crippen molar-refractivity contribution in [1.82, 2.24) is 10.6 Å². The molecule has 0 radical (unpaired) electrons. The van der Waals surface area contributed by atoms with Gasteiger partial charge in [-0.15, -0.1) is 0 Å². The van der Waals surface area contributed by atoms with Gasteiger partial charge in [0.05, 0.1) is 17.6 Å². The number of nitrogens with one attached hydrogen (secondary N) is 2. The van der Waals surface area contributed by atoms with E-state index >= 15 is 0 Å². The molecule has 0 heterocycles. The molecule has 2 amide bonds. The molecule has 2 atom stereocenters. The van der Waals surface area contributed by atoms with Crippen molar-refractivity contribution in [3.63, 3.8) is 0 Å². The number of ether oxygens (including phenoxy) is 2. The second-order valence-electron chi connectivity index (χ2n) is 8.67. The third-order valence-corrected chi connectivity index (χ3v) is 5.51. The van der Waals surface area contributed by atoms with E-state index in [0.29, 0.717) is 32.1 Å². The van der Waals surface area contributed by atoms with Gasteiger partial charge in [0, 0.05) is 57.2 Å². The van der Waals surface area contributed by atoms with Crippen LogP contribution in [-0.2, 0) is 23.9 Å². The molecular formula is C27H41N3O10. The molecular weight excluding hydrogens is 526 g/mol. The van der Waals surface area contributed by atoms with E-state index in [1.54, 1.807) is 27.7 Å². The Morgan fingerprint density at radius 2 is 1.32 bits per heavy atom. The highest BCUT2D eigenvalue weighted by molar-refractivity contribution is 5.78. The lowest BCUT2D eigenvalue weighted by atomic mass is 10.1. The molecule has 1 aromatic carbocycles. The number of benzene rings is 1. The van der Waals surface area contributed by atoms with Crippen molar-refractivity contribution in [2.24, 2.45) is 0 Å². The van der Waals surface area contributed by atoms with Gasteiger partial charge in [0.25, 0.3) is 5.69 Å². The molecule has 0 aliphatic heterocycles. The number of carbonyl (C=O) groups excluding carboxylic acids is 5. The Balaban J connectivity index is 0.000000919. The van der Waals surface area contributed by atoms with Crippen LogP contribution in [0.25, 0.3) is 0 Å². The number of hydrogen-bond acceptors (Lipinski definition) is 10. The molecule has 0 fully saturated rings. The van der Waals surface area contributed by atoms with Crippen LogP contribution in [0.1, 0.15) is 79.1 Å². The van der Waals surface area contributed by atoms with Crippen LogP contribution in [0.4, 0.5) is 10.5 Å². The summed E-state index contributed by atoms with van der Waals surface area (Å²) in [5.41, 5.74) is -0.135. The Bertz CT molecular complexity index is 926. The topological polar surface area (TPSA) is 191 Å². The molecule has 1 rings (SSSR count). The minimum atomic E-state index is -1.02. The number of hydrogen-bond donors (Lipinski definition) is 3. The number of aliphatic hydroxyl groups is 1. The monoisotopic (exact) mass is 567 g/mol. The largest absolute Gasteiger partial charge is 0.514 e. The van der Waals surface area contributed by atoms with Gasteiger partial charge in [-0.3, -0.25) is 29.3 Å². The van der Waals surface area contributed by atoms with Crippen LogP contribution in [-0.4, -0.2) is 64.9 Å². The van der Waals surface area contributed by atoms with Gasteiger partial charge in [-0.05, 0) is 25.0 Å². The zero-order valence-corrected chi connectivity index (χ0v) is 23.6. The third-order valence-electron chi connectivity index (χ3n) is 5.51. The van der Waals surface area contributed by atoms with Crippen molar-refractivity contribution in [3.8, 4) is 5.75 Å². The first-order valence-electron chi connectivity index (χ1n) is 13.3. The lowest BCUT2D eigenvalue weighted by Crippen LogP contribution is -2.35. The molecule has 224 valence electrons. The minimum Gasteiger partial charge on any atom is -0.429 e. The van der Waals surface area contributed by atoms with Crippen molar-refractivity contribution in [2.45, 2.75) is 91.3 Å². The summed E-state index contributed by atoms with van der Waals surface area (Å²) in [6, 6.07) is 4.94. The first kappa shape index (κ1) is 36.1. The van der Waals surface area contributed by atoms with E-state index in [1.807, 2.05) is 0 Å². The maximum Gasteiger partial charge on any atom is 0.514 e. The number of nitro groups is 1. The molecule has 40 heavy (non-hydrogen) atoms. The first-order valence-corrected chi connectivity index (χ1v) is 13.3. The molecule has 0 spiro atoms. The van der Waals surface area contributed by atoms with Crippen molar-refractivity contribution in [3.05, 3.63) is 34.4 Å². The second-order valence-corrected chi connectivity index (χ2v) is 8.67. The van der Waals surface area contributed by atoms with Crippen molar-refractivity contribution in [2.75, 3.05) is 13.1 Å². The number of rotatable bonds is 17. The molecule has 0 aliphatic carbocycles. The van der Waals surface area contributed by atoms with Crippen LogP contribution in [0.5, 0.6) is 5.75 Å². The summed E-state index contributed by atoms with van der Waals surface area (Å²) in [5, 5.41) is 25.1. The highest BCUT2D eigenvalue weighted by Gasteiger charge is 2.19. The van der Waals surface area contributed by atoms with Crippen LogP contribution in [0, 0.1) is 10.1 Å². The Morgan fingerprint density at radius 3 is 1.80 bits per heavy atom. The lowest BCUT2D eigenvalue weighted by molar-refractivity contribution is -0.384. The smallest absolute Gasteiger partial charge is 0.429 e. The predicted molar refractivity (Wildman–Crippen MR) is 146 cm³/mol. The Labute approximate surface area is 234 Å². The number of amides is 2. The highest BCUT2D eigenvalue weighted by Crippen LogP contribution is 2.18. The van der Waals surface area contributed by atoms with E-state index < -0.39 is 23.3 Å². The normalized spacial score (nSPS) is 11.6. The Morgan fingerprint density at radius 1 is 0.825 bits per heavy atom. The number of ketones is 2. The lowest BCUT2D eigenvalue weighted by Gasteiger charge is -2.17. The first-order chi connectivity index (χ1) is 18.9. The van der Waals surface area contributed by atoms with Crippen molar-refractivity contribution >= 4 is 35.2 Å². The fourth-order valence-electron chi connectivity index (χ4n) is 2.91. The molecule has 13 heteroatoms. The maximum absolute atomic E-state index is 11.9. The Hall–Kier alpha value is -3.87. The molecule has 0 aromatic heterocycles. The van der Waals surface area contributed by atoms with Gasteiger partial charge in [0.15, 0.2) is 0 Å².